The minimum atomic E-state index is -0.901. The largest absolute Gasteiger partial charge is 0.481 e. The standard InChI is InChI=1S/C12H17N3O4/c1-7-10(14-6-15-11(7)18-2)13-5-8-3-4-9(19-8)12(16)17/h6,8-9H,3-5H2,1-2H3,(H,16,17)(H,13,14,15). The fourth-order valence-electron chi connectivity index (χ4n) is 2.07. The number of aromatic nitrogens is 2. The lowest BCUT2D eigenvalue weighted by Crippen LogP contribution is -2.25. The molecule has 0 aromatic carbocycles. The van der Waals surface area contributed by atoms with Gasteiger partial charge in [-0.1, -0.05) is 0 Å². The van der Waals surface area contributed by atoms with Crippen molar-refractivity contribution in [2.45, 2.75) is 32.0 Å². The fraction of sp³-hybridized carbons (Fsp3) is 0.583. The first kappa shape index (κ1) is 13.5. The minimum Gasteiger partial charge on any atom is -0.481 e. The van der Waals surface area contributed by atoms with E-state index >= 15 is 0 Å². The van der Waals surface area contributed by atoms with Crippen LogP contribution in [-0.2, 0) is 9.53 Å². The number of carboxylic acid groups (broad SMARTS) is 1. The first-order valence-electron chi connectivity index (χ1n) is 6.09. The summed E-state index contributed by atoms with van der Waals surface area (Å²) in [6.07, 6.45) is 1.90. The van der Waals surface area contributed by atoms with Crippen LogP contribution in [0, 0.1) is 6.92 Å². The van der Waals surface area contributed by atoms with Gasteiger partial charge in [-0.05, 0) is 19.8 Å². The van der Waals surface area contributed by atoms with Gasteiger partial charge in [-0.2, -0.15) is 0 Å². The number of carboxylic acids is 1. The lowest BCUT2D eigenvalue weighted by Gasteiger charge is -2.14. The molecule has 0 bridgehead atoms. The molecule has 2 unspecified atom stereocenters. The average molecular weight is 267 g/mol. The number of hydrogen-bond donors (Lipinski definition) is 2. The molecule has 0 aliphatic carbocycles. The molecule has 2 atom stereocenters. The number of methoxy groups -OCH3 is 1. The molecule has 1 aromatic heterocycles. The molecule has 1 fully saturated rings. The van der Waals surface area contributed by atoms with Gasteiger partial charge in [-0.15, -0.1) is 0 Å². The van der Waals surface area contributed by atoms with Gasteiger partial charge in [0.2, 0.25) is 5.88 Å². The maximum absolute atomic E-state index is 10.8. The molecule has 1 aliphatic heterocycles. The number of anilines is 1. The highest BCUT2D eigenvalue weighted by Gasteiger charge is 2.30. The van der Waals surface area contributed by atoms with Crippen LogP contribution in [0.2, 0.25) is 0 Å². The van der Waals surface area contributed by atoms with Crippen LogP contribution >= 0.6 is 0 Å². The Labute approximate surface area is 111 Å². The SMILES string of the molecule is COc1ncnc(NCC2CCC(C(=O)O)O2)c1C. The highest BCUT2D eigenvalue weighted by molar-refractivity contribution is 5.72. The highest BCUT2D eigenvalue weighted by Crippen LogP contribution is 2.23. The molecule has 0 amide bonds. The number of ether oxygens (including phenoxy) is 2. The minimum absolute atomic E-state index is 0.110. The second kappa shape index (κ2) is 5.83. The van der Waals surface area contributed by atoms with Gasteiger partial charge < -0.3 is 19.9 Å². The number of carbonyl (C=O) groups is 1. The van der Waals surface area contributed by atoms with E-state index in [4.69, 9.17) is 14.6 Å². The summed E-state index contributed by atoms with van der Waals surface area (Å²) in [5.74, 6) is 0.296. The van der Waals surface area contributed by atoms with Gasteiger partial charge in [-0.3, -0.25) is 0 Å². The zero-order valence-corrected chi connectivity index (χ0v) is 10.9. The van der Waals surface area contributed by atoms with Crippen LogP contribution < -0.4 is 10.1 Å². The maximum atomic E-state index is 10.8. The summed E-state index contributed by atoms with van der Waals surface area (Å²) >= 11 is 0. The summed E-state index contributed by atoms with van der Waals surface area (Å²) in [6, 6.07) is 0. The van der Waals surface area contributed by atoms with E-state index in [2.05, 4.69) is 15.3 Å². The Kier molecular flexibility index (Phi) is 4.16. The lowest BCUT2D eigenvalue weighted by atomic mass is 10.2. The van der Waals surface area contributed by atoms with Crippen molar-refractivity contribution in [3.8, 4) is 5.88 Å². The van der Waals surface area contributed by atoms with E-state index in [1.54, 1.807) is 7.11 Å². The predicted molar refractivity (Wildman–Crippen MR) is 67.3 cm³/mol. The van der Waals surface area contributed by atoms with Gasteiger partial charge in [0.1, 0.15) is 12.1 Å². The average Bonchev–Trinajstić information content (AvgIpc) is 2.86. The molecule has 7 nitrogen and oxygen atoms in total. The Hall–Kier alpha value is -1.89. The number of rotatable bonds is 5. The molecule has 0 spiro atoms. The van der Waals surface area contributed by atoms with Crippen LogP contribution in [0.4, 0.5) is 5.82 Å². The molecule has 0 saturated carbocycles. The van der Waals surface area contributed by atoms with E-state index in [0.29, 0.717) is 24.7 Å². The molecule has 2 heterocycles. The van der Waals surface area contributed by atoms with Crippen LogP contribution in [-0.4, -0.2) is 46.9 Å². The van der Waals surface area contributed by atoms with E-state index in [0.717, 1.165) is 12.0 Å². The number of nitrogens with zero attached hydrogens (tertiary/aromatic N) is 2. The van der Waals surface area contributed by atoms with Crippen molar-refractivity contribution in [2.75, 3.05) is 19.0 Å². The van der Waals surface area contributed by atoms with Crippen molar-refractivity contribution in [3.05, 3.63) is 11.9 Å². The summed E-state index contributed by atoms with van der Waals surface area (Å²) < 4.78 is 10.5. The summed E-state index contributed by atoms with van der Waals surface area (Å²) in [5.41, 5.74) is 0.817. The zero-order chi connectivity index (χ0) is 13.8. The Bertz CT molecular complexity index is 466. The van der Waals surface area contributed by atoms with Crippen LogP contribution in [0.25, 0.3) is 0 Å². The fourth-order valence-corrected chi connectivity index (χ4v) is 2.07. The topological polar surface area (TPSA) is 93.6 Å². The third-order valence-electron chi connectivity index (χ3n) is 3.11. The van der Waals surface area contributed by atoms with Gasteiger partial charge in [0.15, 0.2) is 6.10 Å². The van der Waals surface area contributed by atoms with Crippen molar-refractivity contribution in [3.63, 3.8) is 0 Å². The monoisotopic (exact) mass is 267 g/mol. The molecule has 2 N–H and O–H groups in total. The van der Waals surface area contributed by atoms with E-state index in [-0.39, 0.29) is 6.10 Å². The molecule has 7 heteroatoms. The van der Waals surface area contributed by atoms with Crippen molar-refractivity contribution >= 4 is 11.8 Å². The first-order valence-corrected chi connectivity index (χ1v) is 6.09. The Morgan fingerprint density at radius 1 is 1.58 bits per heavy atom. The molecule has 104 valence electrons. The maximum Gasteiger partial charge on any atom is 0.332 e. The van der Waals surface area contributed by atoms with Crippen molar-refractivity contribution < 1.29 is 19.4 Å². The molecular weight excluding hydrogens is 250 g/mol. The Balaban J connectivity index is 1.91. The zero-order valence-electron chi connectivity index (χ0n) is 10.9. The van der Waals surface area contributed by atoms with Crippen LogP contribution in [0.5, 0.6) is 5.88 Å². The third-order valence-corrected chi connectivity index (χ3v) is 3.11. The molecule has 1 aromatic rings. The number of aliphatic carboxylic acids is 1. The van der Waals surface area contributed by atoms with Crippen LogP contribution in [0.15, 0.2) is 6.33 Å². The van der Waals surface area contributed by atoms with Gasteiger partial charge in [0.25, 0.3) is 0 Å². The van der Waals surface area contributed by atoms with Gasteiger partial charge in [0.05, 0.1) is 18.8 Å². The first-order chi connectivity index (χ1) is 9.11. The molecule has 19 heavy (non-hydrogen) atoms. The summed E-state index contributed by atoms with van der Waals surface area (Å²) in [6.45, 7) is 2.38. The van der Waals surface area contributed by atoms with Crippen LogP contribution in [0.1, 0.15) is 18.4 Å². The Morgan fingerprint density at radius 3 is 3.00 bits per heavy atom. The van der Waals surface area contributed by atoms with E-state index < -0.39 is 12.1 Å². The van der Waals surface area contributed by atoms with E-state index in [1.165, 1.54) is 6.33 Å². The summed E-state index contributed by atoms with van der Waals surface area (Å²) in [5, 5.41) is 12.0. The van der Waals surface area contributed by atoms with Gasteiger partial charge in [-0.25, -0.2) is 14.8 Å². The van der Waals surface area contributed by atoms with Crippen molar-refractivity contribution in [1.29, 1.82) is 0 Å². The predicted octanol–water partition coefficient (Wildman–Crippen LogP) is 0.838. The van der Waals surface area contributed by atoms with Gasteiger partial charge >= 0.3 is 5.97 Å². The van der Waals surface area contributed by atoms with Crippen molar-refractivity contribution in [1.82, 2.24) is 9.97 Å². The molecule has 0 radical (unpaired) electrons. The molecule has 1 saturated heterocycles. The normalized spacial score (nSPS) is 22.2. The van der Waals surface area contributed by atoms with Crippen LogP contribution in [0.3, 0.4) is 0 Å². The third kappa shape index (κ3) is 3.11. The number of hydrogen-bond acceptors (Lipinski definition) is 6. The highest BCUT2D eigenvalue weighted by atomic mass is 16.5. The molecular formula is C12H17N3O4. The van der Waals surface area contributed by atoms with Crippen molar-refractivity contribution in [2.24, 2.45) is 0 Å². The molecule has 2 rings (SSSR count). The second-order valence-electron chi connectivity index (χ2n) is 4.40. The summed E-state index contributed by atoms with van der Waals surface area (Å²) in [4.78, 5) is 18.9. The smallest absolute Gasteiger partial charge is 0.332 e. The number of nitrogens with one attached hydrogen (secondary N) is 1. The lowest BCUT2D eigenvalue weighted by molar-refractivity contribution is -0.149. The Morgan fingerprint density at radius 2 is 2.37 bits per heavy atom. The quantitative estimate of drug-likeness (QED) is 0.816. The van der Waals surface area contributed by atoms with E-state index in [1.807, 2.05) is 6.92 Å². The summed E-state index contributed by atoms with van der Waals surface area (Å²) in [7, 11) is 1.55. The second-order valence-corrected chi connectivity index (χ2v) is 4.40. The van der Waals surface area contributed by atoms with Gasteiger partial charge in [0, 0.05) is 6.54 Å². The molecule has 1 aliphatic rings. The van der Waals surface area contributed by atoms with E-state index in [9.17, 15) is 4.79 Å².